The summed E-state index contributed by atoms with van der Waals surface area (Å²) in [6, 6.07) is 7.49. The molecular weight excluding hydrogens is 318 g/mol. The molecule has 0 saturated heterocycles. The molecule has 0 aliphatic carbocycles. The quantitative estimate of drug-likeness (QED) is 0.507. The smallest absolute Gasteiger partial charge is 0.310 e. The van der Waals surface area contributed by atoms with Gasteiger partial charge in [-0.1, -0.05) is 32.9 Å². The second-order valence-electron chi connectivity index (χ2n) is 6.50. The van der Waals surface area contributed by atoms with Crippen molar-refractivity contribution in [3.8, 4) is 5.75 Å². The maximum atomic E-state index is 12.6. The van der Waals surface area contributed by atoms with Crippen molar-refractivity contribution in [1.82, 2.24) is 4.90 Å². The van der Waals surface area contributed by atoms with Gasteiger partial charge in [0.1, 0.15) is 5.75 Å². The van der Waals surface area contributed by atoms with E-state index in [0.29, 0.717) is 19.0 Å². The van der Waals surface area contributed by atoms with Gasteiger partial charge in [-0.2, -0.15) is 0 Å². The molecule has 0 N–H and O–H groups in total. The van der Waals surface area contributed by atoms with E-state index in [0.717, 1.165) is 17.7 Å². The highest BCUT2D eigenvalue weighted by Crippen LogP contribution is 2.14. The van der Waals surface area contributed by atoms with Crippen molar-refractivity contribution in [3.63, 3.8) is 0 Å². The Bertz CT molecular complexity index is 595. The minimum Gasteiger partial charge on any atom is -0.497 e. The Morgan fingerprint density at radius 3 is 2.52 bits per heavy atom. The van der Waals surface area contributed by atoms with Crippen LogP contribution in [0.5, 0.6) is 5.75 Å². The predicted molar refractivity (Wildman–Crippen MR) is 99.2 cm³/mol. The van der Waals surface area contributed by atoms with Crippen molar-refractivity contribution in [2.75, 3.05) is 27.3 Å². The molecule has 0 saturated carbocycles. The fourth-order valence-electron chi connectivity index (χ4n) is 2.33. The summed E-state index contributed by atoms with van der Waals surface area (Å²) in [7, 11) is 2.97. The van der Waals surface area contributed by atoms with Gasteiger partial charge in [0, 0.05) is 19.2 Å². The number of hydrogen-bond acceptors (Lipinski definition) is 4. The van der Waals surface area contributed by atoms with Gasteiger partial charge in [-0.15, -0.1) is 0 Å². The summed E-state index contributed by atoms with van der Waals surface area (Å²) in [5, 5.41) is 0. The lowest BCUT2D eigenvalue weighted by atomic mass is 10.1. The molecule has 1 unspecified atom stereocenters. The van der Waals surface area contributed by atoms with E-state index in [2.05, 4.69) is 13.8 Å². The molecule has 5 heteroatoms. The maximum absolute atomic E-state index is 12.6. The molecule has 1 aromatic rings. The van der Waals surface area contributed by atoms with Crippen LogP contribution in [0.15, 0.2) is 30.3 Å². The molecule has 0 heterocycles. The van der Waals surface area contributed by atoms with Crippen LogP contribution in [-0.4, -0.2) is 44.1 Å². The zero-order chi connectivity index (χ0) is 18.8. The third kappa shape index (κ3) is 7.42. The average molecular weight is 347 g/mol. The molecular formula is C20H29NO4. The number of methoxy groups -OCH3 is 2. The van der Waals surface area contributed by atoms with Crippen LogP contribution >= 0.6 is 0 Å². The van der Waals surface area contributed by atoms with Crippen LogP contribution in [0.4, 0.5) is 0 Å². The van der Waals surface area contributed by atoms with E-state index in [1.807, 2.05) is 24.3 Å². The molecule has 1 amide bonds. The highest BCUT2D eigenvalue weighted by Gasteiger charge is 2.20. The number of esters is 1. The minimum atomic E-state index is -0.355. The zero-order valence-electron chi connectivity index (χ0n) is 15.8. The highest BCUT2D eigenvalue weighted by atomic mass is 16.5. The second-order valence-corrected chi connectivity index (χ2v) is 6.50. The van der Waals surface area contributed by atoms with Gasteiger partial charge in [0.15, 0.2) is 0 Å². The first kappa shape index (κ1) is 20.7. The van der Waals surface area contributed by atoms with Crippen LogP contribution in [-0.2, 0) is 14.3 Å². The summed E-state index contributed by atoms with van der Waals surface area (Å²) in [5.41, 5.74) is 0.887. The van der Waals surface area contributed by atoms with E-state index < -0.39 is 0 Å². The van der Waals surface area contributed by atoms with E-state index >= 15 is 0 Å². The topological polar surface area (TPSA) is 55.8 Å². The Hall–Kier alpha value is -2.30. The predicted octanol–water partition coefficient (Wildman–Crippen LogP) is 3.39. The number of nitrogens with zero attached hydrogens (tertiary/aromatic N) is 1. The Morgan fingerprint density at radius 1 is 1.20 bits per heavy atom. The van der Waals surface area contributed by atoms with Crippen molar-refractivity contribution in [2.24, 2.45) is 11.8 Å². The molecule has 138 valence electrons. The van der Waals surface area contributed by atoms with Crippen LogP contribution in [0.1, 0.15) is 32.8 Å². The first-order chi connectivity index (χ1) is 11.9. The van der Waals surface area contributed by atoms with Crippen molar-refractivity contribution < 1.29 is 19.1 Å². The van der Waals surface area contributed by atoms with E-state index in [-0.39, 0.29) is 17.8 Å². The highest BCUT2D eigenvalue weighted by molar-refractivity contribution is 5.92. The van der Waals surface area contributed by atoms with Crippen LogP contribution in [0, 0.1) is 11.8 Å². The van der Waals surface area contributed by atoms with Gasteiger partial charge in [0.25, 0.3) is 0 Å². The van der Waals surface area contributed by atoms with Gasteiger partial charge in [-0.25, -0.2) is 0 Å². The number of ether oxygens (including phenoxy) is 2. The van der Waals surface area contributed by atoms with Crippen LogP contribution in [0.2, 0.25) is 0 Å². The molecule has 0 bridgehead atoms. The monoisotopic (exact) mass is 347 g/mol. The summed E-state index contributed by atoms with van der Waals surface area (Å²) < 4.78 is 9.95. The SMILES string of the molecule is COC(=O)C(C)CN(CCC(C)C)C(=O)/C=C/c1cccc(OC)c1. The number of carbonyl (C=O) groups excluding carboxylic acids is 2. The van der Waals surface area contributed by atoms with Crippen molar-refractivity contribution >= 4 is 18.0 Å². The molecule has 0 fully saturated rings. The summed E-state index contributed by atoms with van der Waals surface area (Å²) >= 11 is 0. The number of carbonyl (C=O) groups is 2. The zero-order valence-corrected chi connectivity index (χ0v) is 15.8. The van der Waals surface area contributed by atoms with E-state index in [9.17, 15) is 9.59 Å². The molecule has 0 aliphatic heterocycles. The van der Waals surface area contributed by atoms with Crippen molar-refractivity contribution in [1.29, 1.82) is 0 Å². The maximum Gasteiger partial charge on any atom is 0.310 e. The molecule has 1 atom stereocenters. The van der Waals surface area contributed by atoms with Gasteiger partial charge < -0.3 is 14.4 Å². The number of hydrogen-bond donors (Lipinski definition) is 0. The molecule has 0 aromatic heterocycles. The van der Waals surface area contributed by atoms with Crippen LogP contribution < -0.4 is 4.74 Å². The summed E-state index contributed by atoms with van der Waals surface area (Å²) in [6.45, 7) is 6.95. The fourth-order valence-corrected chi connectivity index (χ4v) is 2.33. The molecule has 0 radical (unpaired) electrons. The number of benzene rings is 1. The van der Waals surface area contributed by atoms with Gasteiger partial charge in [-0.3, -0.25) is 9.59 Å². The molecule has 1 aromatic carbocycles. The van der Waals surface area contributed by atoms with E-state index in [1.54, 1.807) is 31.1 Å². The van der Waals surface area contributed by atoms with Crippen LogP contribution in [0.25, 0.3) is 6.08 Å². The first-order valence-electron chi connectivity index (χ1n) is 8.56. The third-order valence-corrected chi connectivity index (χ3v) is 3.90. The minimum absolute atomic E-state index is 0.112. The lowest BCUT2D eigenvalue weighted by Crippen LogP contribution is -2.37. The van der Waals surface area contributed by atoms with Gasteiger partial charge >= 0.3 is 5.97 Å². The standard InChI is InChI=1S/C20H29NO4/c1-15(2)11-12-21(14-16(3)20(23)25-5)19(22)10-9-17-7-6-8-18(13-17)24-4/h6-10,13,15-16H,11-12,14H2,1-5H3/b10-9+. The summed E-state index contributed by atoms with van der Waals surface area (Å²) in [5.74, 6) is 0.446. The molecule has 5 nitrogen and oxygen atoms in total. The Morgan fingerprint density at radius 2 is 1.92 bits per heavy atom. The van der Waals surface area contributed by atoms with E-state index in [4.69, 9.17) is 9.47 Å². The van der Waals surface area contributed by atoms with Crippen LogP contribution in [0.3, 0.4) is 0 Å². The Balaban J connectivity index is 2.82. The number of amides is 1. The Kier molecular flexibility index (Phi) is 8.75. The average Bonchev–Trinajstić information content (AvgIpc) is 2.62. The Labute approximate surface area is 150 Å². The van der Waals surface area contributed by atoms with Gasteiger partial charge in [0.05, 0.1) is 20.1 Å². The lowest BCUT2D eigenvalue weighted by molar-refractivity contribution is -0.146. The van der Waals surface area contributed by atoms with E-state index in [1.165, 1.54) is 7.11 Å². The van der Waals surface area contributed by atoms with Gasteiger partial charge in [0.2, 0.25) is 5.91 Å². The number of rotatable bonds is 9. The third-order valence-electron chi connectivity index (χ3n) is 3.90. The molecule has 0 aliphatic rings. The fraction of sp³-hybridized carbons (Fsp3) is 0.500. The lowest BCUT2D eigenvalue weighted by Gasteiger charge is -2.24. The van der Waals surface area contributed by atoms with Gasteiger partial charge in [-0.05, 0) is 36.1 Å². The largest absolute Gasteiger partial charge is 0.497 e. The second kappa shape index (κ2) is 10.5. The summed E-state index contributed by atoms with van der Waals surface area (Å²) in [4.78, 5) is 26.0. The van der Waals surface area contributed by atoms with Crippen molar-refractivity contribution in [3.05, 3.63) is 35.9 Å². The molecule has 1 rings (SSSR count). The summed E-state index contributed by atoms with van der Waals surface area (Å²) in [6.07, 6.45) is 4.18. The van der Waals surface area contributed by atoms with Crippen molar-refractivity contribution in [2.45, 2.75) is 27.2 Å². The normalized spacial score (nSPS) is 12.2. The molecule has 25 heavy (non-hydrogen) atoms. The molecule has 0 spiro atoms. The first-order valence-corrected chi connectivity index (χ1v) is 8.56.